The highest BCUT2D eigenvalue weighted by Gasteiger charge is 2.18. The number of rotatable bonds is 0. The van der Waals surface area contributed by atoms with Crippen LogP contribution < -0.4 is 5.43 Å². The third kappa shape index (κ3) is 1.77. The molecule has 0 amide bonds. The Kier molecular flexibility index (Phi) is 2.68. The summed E-state index contributed by atoms with van der Waals surface area (Å²) in [7, 11) is 0. The first-order valence-electron chi connectivity index (χ1n) is 6.30. The predicted octanol–water partition coefficient (Wildman–Crippen LogP) is 3.99. The molecular weight excluding hydrogens is 254 g/mol. The van der Waals surface area contributed by atoms with Crippen molar-refractivity contribution in [2.45, 2.75) is 27.7 Å². The topological polar surface area (TPSA) is 30.0 Å². The van der Waals surface area contributed by atoms with Crippen LogP contribution in [0.25, 0.3) is 20.8 Å². The molecule has 1 aromatic rings. The fourth-order valence-electron chi connectivity index (χ4n) is 2.37. The number of nitrogens with zero attached hydrogens (tertiary/aromatic N) is 1. The van der Waals surface area contributed by atoms with Crippen molar-refractivity contribution < 1.29 is 0 Å². The molecule has 3 heteroatoms. The molecule has 1 aliphatic heterocycles. The van der Waals surface area contributed by atoms with E-state index in [0.29, 0.717) is 0 Å². The first-order chi connectivity index (χ1) is 8.99. The fourth-order valence-corrected chi connectivity index (χ4v) is 3.48. The lowest BCUT2D eigenvalue weighted by atomic mass is 10.0. The Morgan fingerprint density at radius 2 is 1.74 bits per heavy atom. The van der Waals surface area contributed by atoms with E-state index < -0.39 is 0 Å². The number of aryl methyl sites for hydroxylation is 1. The monoisotopic (exact) mass is 269 g/mol. The van der Waals surface area contributed by atoms with Gasteiger partial charge in [0.25, 0.3) is 0 Å². The summed E-state index contributed by atoms with van der Waals surface area (Å²) in [5.41, 5.74) is 5.98. The minimum Gasteiger partial charge on any atom is -0.289 e. The Bertz CT molecular complexity index is 832. The average Bonchev–Trinajstić information content (AvgIpc) is 2.41. The van der Waals surface area contributed by atoms with Crippen LogP contribution in [-0.2, 0) is 0 Å². The molecule has 19 heavy (non-hydrogen) atoms. The van der Waals surface area contributed by atoms with Crippen LogP contribution in [0, 0.1) is 27.7 Å². The third-order valence-corrected chi connectivity index (χ3v) is 4.98. The minimum absolute atomic E-state index is 0.148. The zero-order valence-corrected chi connectivity index (χ0v) is 12.3. The number of fused-ring (bicyclic) bond motifs is 2. The van der Waals surface area contributed by atoms with E-state index in [1.54, 1.807) is 11.3 Å². The van der Waals surface area contributed by atoms with E-state index in [1.165, 1.54) is 5.56 Å². The van der Waals surface area contributed by atoms with E-state index in [-0.39, 0.29) is 5.43 Å². The van der Waals surface area contributed by atoms with Gasteiger partial charge in [-0.05, 0) is 51.0 Å². The lowest BCUT2D eigenvalue weighted by Gasteiger charge is -2.13. The van der Waals surface area contributed by atoms with Crippen molar-refractivity contribution in [3.63, 3.8) is 0 Å². The number of aromatic nitrogens is 1. The smallest absolute Gasteiger partial charge is 0.186 e. The summed E-state index contributed by atoms with van der Waals surface area (Å²) in [6.07, 6.45) is 0. The molecule has 0 saturated carbocycles. The molecule has 0 spiro atoms. The van der Waals surface area contributed by atoms with Gasteiger partial charge in [0.1, 0.15) is 0 Å². The van der Waals surface area contributed by atoms with Crippen molar-refractivity contribution in [3.8, 4) is 10.6 Å². The van der Waals surface area contributed by atoms with Gasteiger partial charge in [0.15, 0.2) is 5.43 Å². The van der Waals surface area contributed by atoms with Crippen LogP contribution in [0.4, 0.5) is 0 Å². The zero-order chi connectivity index (χ0) is 13.7. The molecule has 0 bridgehead atoms. The first-order valence-corrected chi connectivity index (χ1v) is 7.11. The molecule has 1 aliphatic carbocycles. The molecule has 1 aromatic carbocycles. The second-order valence-corrected chi connectivity index (χ2v) is 6.12. The molecule has 2 nitrogen and oxygen atoms in total. The molecule has 96 valence electrons. The van der Waals surface area contributed by atoms with Gasteiger partial charge in [0.05, 0.1) is 20.8 Å². The van der Waals surface area contributed by atoms with Crippen molar-refractivity contribution in [3.05, 3.63) is 50.7 Å². The molecule has 0 N–H and O–H groups in total. The summed E-state index contributed by atoms with van der Waals surface area (Å²) >= 11 is 1.66. The molecule has 0 saturated heterocycles. The Morgan fingerprint density at radius 1 is 1.00 bits per heavy atom. The van der Waals surface area contributed by atoms with Crippen molar-refractivity contribution in [2.75, 3.05) is 0 Å². The van der Waals surface area contributed by atoms with E-state index in [1.807, 2.05) is 20.8 Å². The van der Waals surface area contributed by atoms with Crippen molar-refractivity contribution >= 4 is 21.6 Å². The van der Waals surface area contributed by atoms with E-state index in [9.17, 15) is 4.79 Å². The Hall–Kier alpha value is -1.74. The third-order valence-electron chi connectivity index (χ3n) is 3.71. The number of hydrogen-bond donors (Lipinski definition) is 0. The van der Waals surface area contributed by atoms with Crippen LogP contribution >= 0.6 is 11.3 Å². The van der Waals surface area contributed by atoms with Gasteiger partial charge < -0.3 is 0 Å². The van der Waals surface area contributed by atoms with Gasteiger partial charge in [-0.15, -0.1) is 11.3 Å². The van der Waals surface area contributed by atoms with Gasteiger partial charge in [-0.2, -0.15) is 0 Å². The largest absolute Gasteiger partial charge is 0.289 e. The van der Waals surface area contributed by atoms with E-state index in [2.05, 4.69) is 25.1 Å². The molecule has 0 fully saturated rings. The van der Waals surface area contributed by atoms with Gasteiger partial charge in [-0.1, -0.05) is 6.07 Å². The number of hydrogen-bond acceptors (Lipinski definition) is 3. The van der Waals surface area contributed by atoms with Gasteiger partial charge in [0.2, 0.25) is 0 Å². The summed E-state index contributed by atoms with van der Waals surface area (Å²) in [5, 5.41) is 0. The highest BCUT2D eigenvalue weighted by atomic mass is 32.1. The van der Waals surface area contributed by atoms with Gasteiger partial charge in [-0.25, -0.2) is 4.98 Å². The van der Waals surface area contributed by atoms with Gasteiger partial charge in [-0.3, -0.25) is 4.79 Å². The predicted molar refractivity (Wildman–Crippen MR) is 81.5 cm³/mol. The molecule has 0 radical (unpaired) electrons. The second kappa shape index (κ2) is 4.14. The van der Waals surface area contributed by atoms with Crippen LogP contribution in [0.15, 0.2) is 23.0 Å². The molecule has 3 rings (SSSR count). The van der Waals surface area contributed by atoms with Gasteiger partial charge >= 0.3 is 0 Å². The summed E-state index contributed by atoms with van der Waals surface area (Å²) in [5.74, 6) is 0. The van der Waals surface area contributed by atoms with E-state index >= 15 is 0 Å². The molecule has 2 aliphatic rings. The van der Waals surface area contributed by atoms with Crippen LogP contribution in [0.3, 0.4) is 0 Å². The lowest BCUT2D eigenvalue weighted by Crippen LogP contribution is -2.13. The Balaban J connectivity index is 2.55. The maximum atomic E-state index is 12.2. The normalized spacial score (nSPS) is 11.4. The summed E-state index contributed by atoms with van der Waals surface area (Å²) < 4.78 is 1.13. The summed E-state index contributed by atoms with van der Waals surface area (Å²) in [4.78, 5) is 18.0. The van der Waals surface area contributed by atoms with Crippen LogP contribution in [0.1, 0.15) is 22.3 Å². The average molecular weight is 269 g/mol. The Labute approximate surface area is 116 Å². The molecule has 0 unspecified atom stereocenters. The van der Waals surface area contributed by atoms with Crippen molar-refractivity contribution in [1.29, 1.82) is 0 Å². The summed E-state index contributed by atoms with van der Waals surface area (Å²) in [6.45, 7) is 7.84. The number of benzene rings is 2. The van der Waals surface area contributed by atoms with E-state index in [4.69, 9.17) is 4.98 Å². The van der Waals surface area contributed by atoms with Crippen LogP contribution in [0.5, 0.6) is 0 Å². The quantitative estimate of drug-likeness (QED) is 0.577. The summed E-state index contributed by atoms with van der Waals surface area (Å²) in [6, 6.07) is 6.27. The lowest BCUT2D eigenvalue weighted by molar-refractivity contribution is 1.21. The minimum atomic E-state index is 0.148. The SMILES string of the molecule is Cc1ccc2sc3c(C)c(=O)c(C)c(C)c-3nc2c1. The molecule has 0 aromatic heterocycles. The molecule has 0 atom stereocenters. The maximum absolute atomic E-state index is 12.2. The second-order valence-electron chi connectivity index (χ2n) is 5.07. The highest BCUT2D eigenvalue weighted by molar-refractivity contribution is 7.21. The van der Waals surface area contributed by atoms with Crippen molar-refractivity contribution in [1.82, 2.24) is 4.98 Å². The standard InChI is InChI=1S/C16H15NOS/c1-8-5-6-13-12(7-8)17-14-9(2)10(3)15(18)11(4)16(14)19-13/h5-7H,1-4H3. The van der Waals surface area contributed by atoms with Crippen molar-refractivity contribution in [2.24, 2.45) is 0 Å². The maximum Gasteiger partial charge on any atom is 0.186 e. The van der Waals surface area contributed by atoms with Crippen LogP contribution in [-0.4, -0.2) is 4.98 Å². The van der Waals surface area contributed by atoms with E-state index in [0.717, 1.165) is 37.5 Å². The molecule has 1 heterocycles. The molecular formula is C16H15NOS. The fraction of sp³-hybridized carbons (Fsp3) is 0.250. The zero-order valence-electron chi connectivity index (χ0n) is 11.5. The first kappa shape index (κ1) is 12.3. The van der Waals surface area contributed by atoms with Gasteiger partial charge in [0, 0.05) is 11.1 Å². The Morgan fingerprint density at radius 3 is 2.47 bits per heavy atom. The van der Waals surface area contributed by atoms with Crippen LogP contribution in [0.2, 0.25) is 0 Å². The highest BCUT2D eigenvalue weighted by Crippen LogP contribution is 2.35.